The Bertz CT molecular complexity index is 572. The minimum Gasteiger partial charge on any atom is -0.399 e. The average Bonchev–Trinajstić information content (AvgIpc) is 2.73. The van der Waals surface area contributed by atoms with Crippen molar-refractivity contribution >= 4 is 44.5 Å². The molecule has 0 saturated heterocycles. The first-order valence-electron chi connectivity index (χ1n) is 5.96. The summed E-state index contributed by atoms with van der Waals surface area (Å²) in [6, 6.07) is 9.26. The fourth-order valence-electron chi connectivity index (χ4n) is 1.80. The predicted molar refractivity (Wildman–Crippen MR) is 85.0 cm³/mol. The SMILES string of the molecule is CCN(C(=O)c1cc(C)c(Br)s1)c1ccc(N)cc1. The quantitative estimate of drug-likeness (QED) is 0.857. The highest BCUT2D eigenvalue weighted by molar-refractivity contribution is 9.11. The lowest BCUT2D eigenvalue weighted by Gasteiger charge is -2.20. The van der Waals surface area contributed by atoms with Crippen LogP contribution in [0.5, 0.6) is 0 Å². The molecule has 0 fully saturated rings. The van der Waals surface area contributed by atoms with E-state index in [4.69, 9.17) is 5.73 Å². The van der Waals surface area contributed by atoms with Crippen LogP contribution in [0.3, 0.4) is 0 Å². The monoisotopic (exact) mass is 338 g/mol. The zero-order chi connectivity index (χ0) is 14.0. The molecule has 100 valence electrons. The van der Waals surface area contributed by atoms with Crippen LogP contribution in [-0.4, -0.2) is 12.5 Å². The third kappa shape index (κ3) is 2.98. The standard InChI is InChI=1S/C14H15BrN2OS/c1-3-17(11-6-4-10(16)5-7-11)14(18)12-8-9(2)13(15)19-12/h4-8H,3,16H2,1-2H3. The summed E-state index contributed by atoms with van der Waals surface area (Å²) in [5, 5.41) is 0. The smallest absolute Gasteiger partial charge is 0.268 e. The Morgan fingerprint density at radius 3 is 2.47 bits per heavy atom. The van der Waals surface area contributed by atoms with E-state index in [0.29, 0.717) is 12.2 Å². The van der Waals surface area contributed by atoms with E-state index in [1.165, 1.54) is 11.3 Å². The van der Waals surface area contributed by atoms with Crippen LogP contribution >= 0.6 is 27.3 Å². The molecule has 0 aliphatic heterocycles. The molecule has 1 aromatic carbocycles. The lowest BCUT2D eigenvalue weighted by Crippen LogP contribution is -2.29. The molecule has 0 atom stereocenters. The van der Waals surface area contributed by atoms with Crippen molar-refractivity contribution in [3.8, 4) is 0 Å². The summed E-state index contributed by atoms with van der Waals surface area (Å²) in [5.41, 5.74) is 8.32. The maximum atomic E-state index is 12.5. The van der Waals surface area contributed by atoms with Crippen molar-refractivity contribution in [2.45, 2.75) is 13.8 Å². The number of halogens is 1. The van der Waals surface area contributed by atoms with Crippen LogP contribution < -0.4 is 10.6 Å². The van der Waals surface area contributed by atoms with Crippen molar-refractivity contribution in [3.63, 3.8) is 0 Å². The molecular formula is C14H15BrN2OS. The molecule has 2 aromatic rings. The number of amides is 1. The summed E-state index contributed by atoms with van der Waals surface area (Å²) >= 11 is 4.92. The van der Waals surface area contributed by atoms with E-state index in [0.717, 1.165) is 19.9 Å². The number of nitrogen functional groups attached to an aromatic ring is 1. The van der Waals surface area contributed by atoms with Gasteiger partial charge in [0.05, 0.1) is 8.66 Å². The molecule has 19 heavy (non-hydrogen) atoms. The van der Waals surface area contributed by atoms with Crippen molar-refractivity contribution in [1.29, 1.82) is 0 Å². The number of hydrogen-bond acceptors (Lipinski definition) is 3. The van der Waals surface area contributed by atoms with Gasteiger partial charge in [0.25, 0.3) is 5.91 Å². The number of benzene rings is 1. The summed E-state index contributed by atoms with van der Waals surface area (Å²) < 4.78 is 1.00. The summed E-state index contributed by atoms with van der Waals surface area (Å²) in [7, 11) is 0. The van der Waals surface area contributed by atoms with Crippen LogP contribution in [0, 0.1) is 6.92 Å². The Balaban J connectivity index is 2.31. The molecule has 1 aromatic heterocycles. The zero-order valence-electron chi connectivity index (χ0n) is 10.8. The van der Waals surface area contributed by atoms with E-state index in [1.807, 2.05) is 32.0 Å². The molecular weight excluding hydrogens is 324 g/mol. The Labute approximate surface area is 125 Å². The molecule has 0 aliphatic carbocycles. The van der Waals surface area contributed by atoms with Crippen molar-refractivity contribution < 1.29 is 4.79 Å². The fourth-order valence-corrected chi connectivity index (χ4v) is 3.28. The molecule has 0 spiro atoms. The summed E-state index contributed by atoms with van der Waals surface area (Å²) in [5.74, 6) is 0.0195. The minimum absolute atomic E-state index is 0.0195. The van der Waals surface area contributed by atoms with Gasteiger partial charge in [0.15, 0.2) is 0 Å². The molecule has 0 radical (unpaired) electrons. The van der Waals surface area contributed by atoms with Crippen molar-refractivity contribution in [1.82, 2.24) is 0 Å². The largest absolute Gasteiger partial charge is 0.399 e. The molecule has 1 heterocycles. The number of carbonyl (C=O) groups excluding carboxylic acids is 1. The molecule has 5 heteroatoms. The highest BCUT2D eigenvalue weighted by atomic mass is 79.9. The molecule has 0 aliphatic rings. The number of anilines is 2. The second-order valence-corrected chi connectivity index (χ2v) is 6.58. The lowest BCUT2D eigenvalue weighted by atomic mass is 10.2. The van der Waals surface area contributed by atoms with Gasteiger partial charge in [-0.1, -0.05) is 0 Å². The van der Waals surface area contributed by atoms with Gasteiger partial charge in [-0.25, -0.2) is 0 Å². The minimum atomic E-state index is 0.0195. The maximum Gasteiger partial charge on any atom is 0.268 e. The Hall–Kier alpha value is -1.33. The van der Waals surface area contributed by atoms with Crippen molar-refractivity contribution in [3.05, 3.63) is 44.6 Å². The Morgan fingerprint density at radius 1 is 1.37 bits per heavy atom. The molecule has 2 rings (SSSR count). The average molecular weight is 339 g/mol. The van der Waals surface area contributed by atoms with E-state index < -0.39 is 0 Å². The number of nitrogens with two attached hydrogens (primary N) is 1. The predicted octanol–water partition coefficient (Wildman–Crippen LogP) is 4.07. The normalized spacial score (nSPS) is 10.5. The third-order valence-electron chi connectivity index (χ3n) is 2.83. The number of nitrogens with zero attached hydrogens (tertiary/aromatic N) is 1. The van der Waals surface area contributed by atoms with Gasteiger partial charge < -0.3 is 10.6 Å². The van der Waals surface area contributed by atoms with Gasteiger partial charge in [-0.05, 0) is 65.7 Å². The number of carbonyl (C=O) groups is 1. The van der Waals surface area contributed by atoms with Gasteiger partial charge in [-0.3, -0.25) is 4.79 Å². The van der Waals surface area contributed by atoms with E-state index in [1.54, 1.807) is 17.0 Å². The van der Waals surface area contributed by atoms with Crippen LogP contribution in [-0.2, 0) is 0 Å². The Morgan fingerprint density at radius 2 is 2.00 bits per heavy atom. The third-order valence-corrected chi connectivity index (χ3v) is 4.96. The Kier molecular flexibility index (Phi) is 4.27. The second kappa shape index (κ2) is 5.75. The first-order valence-corrected chi connectivity index (χ1v) is 7.57. The van der Waals surface area contributed by atoms with Gasteiger partial charge in [-0.15, -0.1) is 11.3 Å². The highest BCUT2D eigenvalue weighted by Gasteiger charge is 2.18. The first kappa shape index (κ1) is 14.1. The number of thiophene rings is 1. The van der Waals surface area contributed by atoms with Gasteiger partial charge in [0.1, 0.15) is 0 Å². The number of aryl methyl sites for hydroxylation is 1. The van der Waals surface area contributed by atoms with Crippen LogP contribution in [0.15, 0.2) is 34.1 Å². The zero-order valence-corrected chi connectivity index (χ0v) is 13.2. The van der Waals surface area contributed by atoms with Crippen molar-refractivity contribution in [2.24, 2.45) is 0 Å². The van der Waals surface area contributed by atoms with E-state index >= 15 is 0 Å². The van der Waals surface area contributed by atoms with Crippen LogP contribution in [0.4, 0.5) is 11.4 Å². The second-order valence-electron chi connectivity index (χ2n) is 4.21. The molecule has 3 nitrogen and oxygen atoms in total. The molecule has 2 N–H and O–H groups in total. The molecule has 0 bridgehead atoms. The van der Waals surface area contributed by atoms with E-state index in [2.05, 4.69) is 15.9 Å². The highest BCUT2D eigenvalue weighted by Crippen LogP contribution is 2.29. The lowest BCUT2D eigenvalue weighted by molar-refractivity contribution is 0.0992. The summed E-state index contributed by atoms with van der Waals surface area (Å²) in [4.78, 5) is 15.0. The van der Waals surface area contributed by atoms with Crippen LogP contribution in [0.2, 0.25) is 0 Å². The van der Waals surface area contributed by atoms with Gasteiger partial charge >= 0.3 is 0 Å². The first-order chi connectivity index (χ1) is 9.02. The van der Waals surface area contributed by atoms with Gasteiger partial charge in [-0.2, -0.15) is 0 Å². The van der Waals surface area contributed by atoms with Crippen LogP contribution in [0.1, 0.15) is 22.2 Å². The summed E-state index contributed by atoms with van der Waals surface area (Å²) in [6.07, 6.45) is 0. The van der Waals surface area contributed by atoms with Gasteiger partial charge in [0, 0.05) is 17.9 Å². The maximum absolute atomic E-state index is 12.5. The van der Waals surface area contributed by atoms with E-state index in [9.17, 15) is 4.79 Å². The fraction of sp³-hybridized carbons (Fsp3) is 0.214. The van der Waals surface area contributed by atoms with E-state index in [-0.39, 0.29) is 5.91 Å². The molecule has 1 amide bonds. The molecule has 0 unspecified atom stereocenters. The van der Waals surface area contributed by atoms with Crippen molar-refractivity contribution in [2.75, 3.05) is 17.2 Å². The van der Waals surface area contributed by atoms with Gasteiger partial charge in [0.2, 0.25) is 0 Å². The number of hydrogen-bond donors (Lipinski definition) is 1. The molecule has 0 saturated carbocycles. The van der Waals surface area contributed by atoms with Crippen LogP contribution in [0.25, 0.3) is 0 Å². The number of rotatable bonds is 3. The summed E-state index contributed by atoms with van der Waals surface area (Å²) in [6.45, 7) is 4.57. The topological polar surface area (TPSA) is 46.3 Å².